The number of β-amino-alcohol motifs (C(OH)–C–C–N with tert-alkyl or cyclic N) is 1. The predicted octanol–water partition coefficient (Wildman–Crippen LogP) is 2.99. The zero-order chi connectivity index (χ0) is 27.1. The molecule has 0 saturated heterocycles. The fraction of sp³-hybridized carbons (Fsp3) is 0.357. The molecule has 0 aromatic heterocycles. The van der Waals surface area contributed by atoms with Crippen LogP contribution in [0, 0.1) is 11.8 Å². The summed E-state index contributed by atoms with van der Waals surface area (Å²) in [4.78, 5) is 21.2. The van der Waals surface area contributed by atoms with Gasteiger partial charge in [-0.2, -0.15) is 0 Å². The van der Waals surface area contributed by atoms with Crippen LogP contribution in [0.3, 0.4) is 0 Å². The molecule has 0 saturated carbocycles. The summed E-state index contributed by atoms with van der Waals surface area (Å²) in [5.74, 6) is 4.56. The molecule has 8 heteroatoms. The van der Waals surface area contributed by atoms with E-state index in [1.54, 1.807) is 0 Å². The lowest BCUT2D eigenvalue weighted by Crippen LogP contribution is -2.42. The molecule has 1 unspecified atom stereocenters. The maximum Gasteiger partial charge on any atom is 0.328 e. The number of ether oxygens (including phenoxy) is 1. The fourth-order valence-corrected chi connectivity index (χ4v) is 2.71. The van der Waals surface area contributed by atoms with Crippen molar-refractivity contribution in [1.82, 2.24) is 10.2 Å². The Bertz CT molecular complexity index is 1040. The highest BCUT2D eigenvalue weighted by Crippen LogP contribution is 2.17. The Hall–Kier alpha value is -3.64. The second-order valence-electron chi connectivity index (χ2n) is 9.29. The molecule has 194 valence electrons. The Balaban J connectivity index is 0.000000697. The first-order valence-electron chi connectivity index (χ1n) is 11.4. The normalized spacial score (nSPS) is 11.8. The second-order valence-corrected chi connectivity index (χ2v) is 9.29. The molecule has 4 N–H and O–H groups in total. The summed E-state index contributed by atoms with van der Waals surface area (Å²) < 4.78 is 5.82. The van der Waals surface area contributed by atoms with Crippen molar-refractivity contribution in [3.63, 3.8) is 0 Å². The Morgan fingerprint density at radius 2 is 1.58 bits per heavy atom. The molecular formula is C28H36N2O6. The van der Waals surface area contributed by atoms with E-state index in [4.69, 9.17) is 14.9 Å². The molecule has 1 atom stereocenters. The average molecular weight is 497 g/mol. The first-order valence-corrected chi connectivity index (χ1v) is 11.4. The van der Waals surface area contributed by atoms with Crippen molar-refractivity contribution in [1.29, 1.82) is 0 Å². The lowest BCUT2D eigenvalue weighted by Gasteiger charge is -2.23. The SMILES string of the molecule is CN(C)Cc1ccc(C#Cc2ccccc2OCC(O)CNC(C)(C)C)cc1.O=C(O)/C=C/C(=O)O. The Labute approximate surface area is 213 Å². The lowest BCUT2D eigenvalue weighted by atomic mass is 10.1. The number of nitrogens with zero attached hydrogens (tertiary/aromatic N) is 1. The van der Waals surface area contributed by atoms with Crippen LogP contribution in [0.1, 0.15) is 37.5 Å². The summed E-state index contributed by atoms with van der Waals surface area (Å²) in [6.07, 6.45) is 0.537. The largest absolute Gasteiger partial charge is 0.490 e. The molecule has 0 fully saturated rings. The van der Waals surface area contributed by atoms with Crippen molar-refractivity contribution in [2.24, 2.45) is 0 Å². The Kier molecular flexibility index (Phi) is 13.0. The number of hydrogen-bond acceptors (Lipinski definition) is 6. The van der Waals surface area contributed by atoms with Gasteiger partial charge in [-0.05, 0) is 64.7 Å². The minimum atomic E-state index is -1.26. The topological polar surface area (TPSA) is 119 Å². The van der Waals surface area contributed by atoms with Crippen LogP contribution in [0.5, 0.6) is 5.75 Å². The summed E-state index contributed by atoms with van der Waals surface area (Å²) in [6, 6.07) is 16.0. The first kappa shape index (κ1) is 30.4. The molecule has 0 aliphatic heterocycles. The number of carbonyl (C=O) groups is 2. The van der Waals surface area contributed by atoms with Crippen LogP contribution in [0.2, 0.25) is 0 Å². The van der Waals surface area contributed by atoms with Crippen molar-refractivity contribution in [2.75, 3.05) is 27.2 Å². The van der Waals surface area contributed by atoms with Crippen molar-refractivity contribution >= 4 is 11.9 Å². The molecule has 2 aromatic carbocycles. The third-order valence-corrected chi connectivity index (χ3v) is 4.35. The number of carboxylic acids is 2. The van der Waals surface area contributed by atoms with Crippen LogP contribution in [0.4, 0.5) is 0 Å². The summed E-state index contributed by atoms with van der Waals surface area (Å²) in [6.45, 7) is 7.82. The van der Waals surface area contributed by atoms with Crippen molar-refractivity contribution in [3.8, 4) is 17.6 Å². The number of aliphatic hydroxyl groups excluding tert-OH is 1. The van der Waals surface area contributed by atoms with Gasteiger partial charge in [-0.25, -0.2) is 9.59 Å². The summed E-state index contributed by atoms with van der Waals surface area (Å²) >= 11 is 0. The van der Waals surface area contributed by atoms with Crippen LogP contribution in [0.25, 0.3) is 0 Å². The van der Waals surface area contributed by atoms with Gasteiger partial charge >= 0.3 is 11.9 Å². The van der Waals surface area contributed by atoms with Gasteiger partial charge in [-0.3, -0.25) is 0 Å². The van der Waals surface area contributed by atoms with E-state index in [0.29, 0.717) is 24.4 Å². The highest BCUT2D eigenvalue weighted by atomic mass is 16.5. The maximum absolute atomic E-state index is 10.1. The molecule has 0 amide bonds. The average Bonchev–Trinajstić information content (AvgIpc) is 2.80. The molecule has 2 rings (SSSR count). The zero-order valence-electron chi connectivity index (χ0n) is 21.5. The number of nitrogens with one attached hydrogen (secondary N) is 1. The van der Waals surface area contributed by atoms with E-state index in [1.807, 2.05) is 36.4 Å². The number of carboxylic acid groups (broad SMARTS) is 2. The van der Waals surface area contributed by atoms with Gasteiger partial charge < -0.3 is 30.3 Å². The van der Waals surface area contributed by atoms with E-state index in [1.165, 1.54) is 5.56 Å². The Morgan fingerprint density at radius 1 is 1.00 bits per heavy atom. The monoisotopic (exact) mass is 496 g/mol. The molecule has 0 aliphatic carbocycles. The highest BCUT2D eigenvalue weighted by Gasteiger charge is 2.13. The molecule has 36 heavy (non-hydrogen) atoms. The van der Waals surface area contributed by atoms with Gasteiger partial charge in [-0.1, -0.05) is 36.1 Å². The summed E-state index contributed by atoms with van der Waals surface area (Å²) in [7, 11) is 4.11. The predicted molar refractivity (Wildman–Crippen MR) is 140 cm³/mol. The molecule has 0 radical (unpaired) electrons. The molecule has 0 heterocycles. The lowest BCUT2D eigenvalue weighted by molar-refractivity contribution is -0.134. The van der Waals surface area contributed by atoms with Gasteiger partial charge in [0.1, 0.15) is 18.5 Å². The molecule has 8 nitrogen and oxygen atoms in total. The summed E-state index contributed by atoms with van der Waals surface area (Å²) in [5.41, 5.74) is 3.01. The number of aliphatic carboxylic acids is 2. The van der Waals surface area contributed by atoms with Crippen LogP contribution in [0.15, 0.2) is 60.7 Å². The molecule has 2 aromatic rings. The van der Waals surface area contributed by atoms with E-state index in [0.717, 1.165) is 17.7 Å². The fourth-order valence-electron chi connectivity index (χ4n) is 2.71. The van der Waals surface area contributed by atoms with Crippen molar-refractivity contribution in [2.45, 2.75) is 39.0 Å². The first-order chi connectivity index (χ1) is 16.9. The molecule has 0 bridgehead atoms. The van der Waals surface area contributed by atoms with Crippen molar-refractivity contribution in [3.05, 3.63) is 77.4 Å². The van der Waals surface area contributed by atoms with Gasteiger partial charge in [0.2, 0.25) is 0 Å². The van der Waals surface area contributed by atoms with E-state index in [9.17, 15) is 14.7 Å². The van der Waals surface area contributed by atoms with Gasteiger partial charge in [0.05, 0.1) is 5.56 Å². The van der Waals surface area contributed by atoms with E-state index in [2.05, 4.69) is 69.1 Å². The zero-order valence-corrected chi connectivity index (χ0v) is 21.5. The van der Waals surface area contributed by atoms with Crippen LogP contribution < -0.4 is 10.1 Å². The van der Waals surface area contributed by atoms with Crippen LogP contribution >= 0.6 is 0 Å². The summed E-state index contributed by atoms with van der Waals surface area (Å²) in [5, 5.41) is 29.0. The number of para-hydroxylation sites is 1. The molecule has 0 aliphatic rings. The van der Waals surface area contributed by atoms with Crippen molar-refractivity contribution < 1.29 is 29.6 Å². The number of benzene rings is 2. The van der Waals surface area contributed by atoms with E-state index < -0.39 is 18.0 Å². The van der Waals surface area contributed by atoms with E-state index >= 15 is 0 Å². The Morgan fingerprint density at radius 3 is 2.11 bits per heavy atom. The minimum absolute atomic E-state index is 0.0353. The smallest absolute Gasteiger partial charge is 0.328 e. The van der Waals surface area contributed by atoms with E-state index in [-0.39, 0.29) is 12.1 Å². The number of hydrogen-bond donors (Lipinski definition) is 4. The quantitative estimate of drug-likeness (QED) is 0.309. The van der Waals surface area contributed by atoms with Crippen LogP contribution in [-0.4, -0.2) is 71.0 Å². The minimum Gasteiger partial charge on any atom is -0.490 e. The van der Waals surface area contributed by atoms with Gasteiger partial charge in [0.15, 0.2) is 0 Å². The third-order valence-electron chi connectivity index (χ3n) is 4.35. The van der Waals surface area contributed by atoms with Gasteiger partial charge in [0.25, 0.3) is 0 Å². The molecule has 0 spiro atoms. The standard InChI is InChI=1S/C24H32N2O2.C4H4O4/c1-24(2,3)25-16-22(27)18-28-23-9-7-6-8-21(23)15-14-19-10-12-20(13-11-19)17-26(4)5;5-3(6)1-2-4(7)8/h6-13,22,25,27H,16-18H2,1-5H3;1-2H,(H,5,6)(H,7,8)/b;2-1+. The van der Waals surface area contributed by atoms with Crippen LogP contribution in [-0.2, 0) is 16.1 Å². The molecular weight excluding hydrogens is 460 g/mol. The number of aliphatic hydroxyl groups is 1. The third kappa shape index (κ3) is 14.6. The number of rotatable bonds is 9. The van der Waals surface area contributed by atoms with Gasteiger partial charge in [-0.15, -0.1) is 0 Å². The highest BCUT2D eigenvalue weighted by molar-refractivity contribution is 5.89. The van der Waals surface area contributed by atoms with Gasteiger partial charge in [0, 0.05) is 36.3 Å². The maximum atomic E-state index is 10.1. The second kappa shape index (κ2) is 15.4.